The summed E-state index contributed by atoms with van der Waals surface area (Å²) in [7, 11) is -3.56. The highest BCUT2D eigenvalue weighted by atomic mass is 32.2. The Labute approximate surface area is 150 Å². The van der Waals surface area contributed by atoms with Gasteiger partial charge in [0, 0.05) is 30.7 Å². The lowest BCUT2D eigenvalue weighted by Crippen LogP contribution is -2.31. The molecule has 1 aliphatic rings. The number of rotatable bonds is 6. The SMILES string of the molecule is CCN(CC)S(=O)(=O)c1cc(C)c(C)c(NC(=O)C2CCC(N)C2)c1. The highest BCUT2D eigenvalue weighted by Gasteiger charge is 2.29. The topological polar surface area (TPSA) is 92.5 Å². The summed E-state index contributed by atoms with van der Waals surface area (Å²) >= 11 is 0. The number of nitrogens with two attached hydrogens (primary N) is 1. The van der Waals surface area contributed by atoms with E-state index < -0.39 is 10.0 Å². The van der Waals surface area contributed by atoms with Gasteiger partial charge in [-0.3, -0.25) is 4.79 Å². The average molecular weight is 368 g/mol. The maximum Gasteiger partial charge on any atom is 0.243 e. The molecule has 1 saturated carbocycles. The van der Waals surface area contributed by atoms with Gasteiger partial charge >= 0.3 is 0 Å². The van der Waals surface area contributed by atoms with Gasteiger partial charge in [0.1, 0.15) is 0 Å². The maximum absolute atomic E-state index is 12.8. The fourth-order valence-corrected chi connectivity index (χ4v) is 4.88. The highest BCUT2D eigenvalue weighted by molar-refractivity contribution is 7.89. The molecule has 0 radical (unpaired) electrons. The third-order valence-electron chi connectivity index (χ3n) is 5.09. The van der Waals surface area contributed by atoms with E-state index in [0.29, 0.717) is 25.2 Å². The predicted molar refractivity (Wildman–Crippen MR) is 100.0 cm³/mol. The first kappa shape index (κ1) is 19.9. The zero-order valence-electron chi connectivity index (χ0n) is 15.5. The molecule has 3 N–H and O–H groups in total. The Morgan fingerprint density at radius 2 is 1.88 bits per heavy atom. The van der Waals surface area contributed by atoms with Crippen LogP contribution in [-0.4, -0.2) is 37.8 Å². The summed E-state index contributed by atoms with van der Waals surface area (Å²) in [6, 6.07) is 3.32. The quantitative estimate of drug-likeness (QED) is 0.807. The smallest absolute Gasteiger partial charge is 0.243 e. The van der Waals surface area contributed by atoms with Crippen LogP contribution in [0.5, 0.6) is 0 Å². The molecule has 2 rings (SSSR count). The van der Waals surface area contributed by atoms with E-state index in [0.717, 1.165) is 24.0 Å². The number of anilines is 1. The summed E-state index contributed by atoms with van der Waals surface area (Å²) in [6.07, 6.45) is 2.32. The molecule has 6 nitrogen and oxygen atoms in total. The Hall–Kier alpha value is -1.44. The van der Waals surface area contributed by atoms with E-state index in [2.05, 4.69) is 5.32 Å². The Bertz CT molecular complexity index is 742. The van der Waals surface area contributed by atoms with E-state index >= 15 is 0 Å². The summed E-state index contributed by atoms with van der Waals surface area (Å²) in [4.78, 5) is 12.7. The van der Waals surface area contributed by atoms with E-state index in [9.17, 15) is 13.2 Å². The second-order valence-corrected chi connectivity index (χ2v) is 8.70. The number of nitrogens with one attached hydrogen (secondary N) is 1. The molecule has 0 bridgehead atoms. The number of benzene rings is 1. The number of nitrogens with zero attached hydrogens (tertiary/aromatic N) is 1. The number of carbonyl (C=O) groups excluding carboxylic acids is 1. The van der Waals surface area contributed by atoms with Crippen molar-refractivity contribution < 1.29 is 13.2 Å². The molecule has 1 amide bonds. The molecule has 0 aromatic heterocycles. The molecule has 2 atom stereocenters. The van der Waals surface area contributed by atoms with Gasteiger partial charge in [0.05, 0.1) is 4.90 Å². The van der Waals surface area contributed by atoms with E-state index in [-0.39, 0.29) is 22.8 Å². The van der Waals surface area contributed by atoms with Crippen LogP contribution >= 0.6 is 0 Å². The number of amides is 1. The number of hydrogen-bond donors (Lipinski definition) is 2. The number of aryl methyl sites for hydroxylation is 1. The number of sulfonamides is 1. The molecule has 1 aromatic rings. The van der Waals surface area contributed by atoms with Crippen LogP contribution in [0.25, 0.3) is 0 Å². The highest BCUT2D eigenvalue weighted by Crippen LogP contribution is 2.29. The molecule has 25 heavy (non-hydrogen) atoms. The summed E-state index contributed by atoms with van der Waals surface area (Å²) < 4.78 is 27.0. The van der Waals surface area contributed by atoms with Crippen LogP contribution in [0.3, 0.4) is 0 Å². The Balaban J connectivity index is 2.33. The maximum atomic E-state index is 12.8. The van der Waals surface area contributed by atoms with Gasteiger partial charge in [0.2, 0.25) is 15.9 Å². The van der Waals surface area contributed by atoms with Crippen molar-refractivity contribution in [3.8, 4) is 0 Å². The van der Waals surface area contributed by atoms with E-state index in [1.54, 1.807) is 12.1 Å². The first-order chi connectivity index (χ1) is 11.7. The van der Waals surface area contributed by atoms with Crippen molar-refractivity contribution in [2.24, 2.45) is 11.7 Å². The standard InChI is InChI=1S/C18H29N3O3S/c1-5-21(6-2)25(23,24)16-9-12(3)13(4)17(11-16)20-18(22)14-7-8-15(19)10-14/h9,11,14-15H,5-8,10,19H2,1-4H3,(H,20,22). The van der Waals surface area contributed by atoms with E-state index in [1.165, 1.54) is 4.31 Å². The van der Waals surface area contributed by atoms with Crippen molar-refractivity contribution in [3.05, 3.63) is 23.3 Å². The zero-order chi connectivity index (χ0) is 18.8. The fourth-order valence-electron chi connectivity index (χ4n) is 3.31. The summed E-state index contributed by atoms with van der Waals surface area (Å²) in [5, 5.41) is 2.92. The minimum Gasteiger partial charge on any atom is -0.328 e. The lowest BCUT2D eigenvalue weighted by Gasteiger charge is -2.21. The van der Waals surface area contributed by atoms with Crippen LogP contribution in [0.1, 0.15) is 44.2 Å². The monoisotopic (exact) mass is 367 g/mol. The lowest BCUT2D eigenvalue weighted by atomic mass is 10.0. The van der Waals surface area contributed by atoms with Crippen molar-refractivity contribution in [1.82, 2.24) is 4.31 Å². The third kappa shape index (κ3) is 4.22. The second kappa shape index (κ2) is 7.85. The first-order valence-corrected chi connectivity index (χ1v) is 10.3. The normalized spacial score (nSPS) is 20.9. The largest absolute Gasteiger partial charge is 0.328 e. The minimum absolute atomic E-state index is 0.0761. The lowest BCUT2D eigenvalue weighted by molar-refractivity contribution is -0.119. The van der Waals surface area contributed by atoms with Crippen LogP contribution in [0, 0.1) is 19.8 Å². The van der Waals surface area contributed by atoms with Gasteiger partial charge in [-0.1, -0.05) is 13.8 Å². The van der Waals surface area contributed by atoms with E-state index in [1.807, 2.05) is 27.7 Å². The summed E-state index contributed by atoms with van der Waals surface area (Å²) in [5.74, 6) is -0.175. The van der Waals surface area contributed by atoms with Crippen LogP contribution in [0.2, 0.25) is 0 Å². The van der Waals surface area contributed by atoms with Crippen molar-refractivity contribution in [2.75, 3.05) is 18.4 Å². The third-order valence-corrected chi connectivity index (χ3v) is 7.11. The van der Waals surface area contributed by atoms with Gasteiger partial charge in [-0.15, -0.1) is 0 Å². The summed E-state index contributed by atoms with van der Waals surface area (Å²) in [5.41, 5.74) is 8.18. The molecule has 7 heteroatoms. The Morgan fingerprint density at radius 1 is 1.24 bits per heavy atom. The molecule has 1 fully saturated rings. The average Bonchev–Trinajstić information content (AvgIpc) is 2.99. The number of carbonyl (C=O) groups is 1. The van der Waals surface area contributed by atoms with Gasteiger partial charge in [0.15, 0.2) is 0 Å². The van der Waals surface area contributed by atoms with Crippen molar-refractivity contribution in [3.63, 3.8) is 0 Å². The van der Waals surface area contributed by atoms with Gasteiger partial charge in [-0.25, -0.2) is 8.42 Å². The van der Waals surface area contributed by atoms with Gasteiger partial charge in [0.25, 0.3) is 0 Å². The van der Waals surface area contributed by atoms with Crippen LogP contribution in [0.4, 0.5) is 5.69 Å². The van der Waals surface area contributed by atoms with Crippen molar-refractivity contribution in [1.29, 1.82) is 0 Å². The molecule has 1 aromatic carbocycles. The van der Waals surface area contributed by atoms with Gasteiger partial charge < -0.3 is 11.1 Å². The second-order valence-electron chi connectivity index (χ2n) is 6.76. The molecule has 2 unspecified atom stereocenters. The molecular formula is C18H29N3O3S. The molecule has 0 heterocycles. The Kier molecular flexibility index (Phi) is 6.24. The molecule has 0 aliphatic heterocycles. The van der Waals surface area contributed by atoms with Crippen LogP contribution in [-0.2, 0) is 14.8 Å². The van der Waals surface area contributed by atoms with Crippen molar-refractivity contribution in [2.45, 2.75) is 57.9 Å². The van der Waals surface area contributed by atoms with Crippen LogP contribution in [0.15, 0.2) is 17.0 Å². The number of hydrogen-bond acceptors (Lipinski definition) is 4. The predicted octanol–water partition coefficient (Wildman–Crippen LogP) is 2.40. The molecule has 0 saturated heterocycles. The van der Waals surface area contributed by atoms with Gasteiger partial charge in [-0.05, 0) is 56.4 Å². The minimum atomic E-state index is -3.56. The Morgan fingerprint density at radius 3 is 2.40 bits per heavy atom. The van der Waals surface area contributed by atoms with Crippen LogP contribution < -0.4 is 11.1 Å². The molecular weight excluding hydrogens is 338 g/mol. The fraction of sp³-hybridized carbons (Fsp3) is 0.611. The summed E-state index contributed by atoms with van der Waals surface area (Å²) in [6.45, 7) is 8.19. The molecule has 1 aliphatic carbocycles. The zero-order valence-corrected chi connectivity index (χ0v) is 16.3. The molecule has 0 spiro atoms. The van der Waals surface area contributed by atoms with Gasteiger partial charge in [-0.2, -0.15) is 4.31 Å². The molecule has 140 valence electrons. The van der Waals surface area contributed by atoms with E-state index in [4.69, 9.17) is 5.73 Å². The first-order valence-electron chi connectivity index (χ1n) is 8.88. The van der Waals surface area contributed by atoms with Crippen molar-refractivity contribution >= 4 is 21.6 Å².